The lowest BCUT2D eigenvalue weighted by Crippen LogP contribution is -2.48. The third-order valence-electron chi connectivity index (χ3n) is 5.44. The van der Waals surface area contributed by atoms with E-state index in [9.17, 15) is 19.2 Å². The van der Waals surface area contributed by atoms with Crippen LogP contribution in [-0.4, -0.2) is 38.2 Å². The number of thioether (sulfide) groups is 1. The molecular formula is C23H23N5O4S2. The zero-order valence-corrected chi connectivity index (χ0v) is 20.3. The van der Waals surface area contributed by atoms with Crippen molar-refractivity contribution in [3.63, 3.8) is 0 Å². The van der Waals surface area contributed by atoms with Crippen LogP contribution >= 0.6 is 23.1 Å². The SMILES string of the molecule is C=CCn1c(SCC(=O)NN2C(=O)NC(C)(c3ccccc3)C2=O)nc2sc(CC)cc2c1=O. The second-order valence-corrected chi connectivity index (χ2v) is 9.83. The Morgan fingerprint density at radius 2 is 2.03 bits per heavy atom. The minimum atomic E-state index is -1.29. The molecule has 9 nitrogen and oxygen atoms in total. The number of benzene rings is 1. The van der Waals surface area contributed by atoms with Gasteiger partial charge in [0.2, 0.25) is 5.91 Å². The van der Waals surface area contributed by atoms with Crippen molar-refractivity contribution in [1.82, 2.24) is 25.3 Å². The van der Waals surface area contributed by atoms with Crippen LogP contribution in [0.15, 0.2) is 59.0 Å². The molecule has 34 heavy (non-hydrogen) atoms. The van der Waals surface area contributed by atoms with Gasteiger partial charge in [-0.3, -0.25) is 24.4 Å². The molecule has 4 rings (SSSR count). The van der Waals surface area contributed by atoms with Gasteiger partial charge in [-0.2, -0.15) is 5.01 Å². The second kappa shape index (κ2) is 9.43. The van der Waals surface area contributed by atoms with Crippen LogP contribution in [0.3, 0.4) is 0 Å². The summed E-state index contributed by atoms with van der Waals surface area (Å²) in [6, 6.07) is 9.92. The van der Waals surface area contributed by atoms with E-state index in [0.717, 1.165) is 23.1 Å². The third kappa shape index (κ3) is 4.24. The predicted octanol–water partition coefficient (Wildman–Crippen LogP) is 2.80. The number of fused-ring (bicyclic) bond motifs is 1. The molecule has 1 aliphatic heterocycles. The highest BCUT2D eigenvalue weighted by molar-refractivity contribution is 7.99. The molecular weight excluding hydrogens is 474 g/mol. The van der Waals surface area contributed by atoms with Crippen LogP contribution in [0.5, 0.6) is 0 Å². The number of rotatable bonds is 8. The van der Waals surface area contributed by atoms with Crippen LogP contribution in [-0.2, 0) is 28.1 Å². The van der Waals surface area contributed by atoms with E-state index in [1.165, 1.54) is 15.9 Å². The Morgan fingerprint density at radius 3 is 2.71 bits per heavy atom. The number of hydrazine groups is 1. The largest absolute Gasteiger partial charge is 0.344 e. The molecule has 3 heterocycles. The highest BCUT2D eigenvalue weighted by atomic mass is 32.2. The third-order valence-corrected chi connectivity index (χ3v) is 7.59. The summed E-state index contributed by atoms with van der Waals surface area (Å²) in [4.78, 5) is 57.2. The molecule has 1 aromatic carbocycles. The van der Waals surface area contributed by atoms with Gasteiger partial charge in [-0.05, 0) is 25.0 Å². The van der Waals surface area contributed by atoms with Crippen LogP contribution < -0.4 is 16.3 Å². The van der Waals surface area contributed by atoms with Crippen molar-refractivity contribution >= 4 is 51.2 Å². The average molecular weight is 498 g/mol. The molecule has 11 heteroatoms. The molecule has 2 N–H and O–H groups in total. The molecule has 1 aliphatic rings. The zero-order valence-electron chi connectivity index (χ0n) is 18.7. The molecule has 1 saturated heterocycles. The topological polar surface area (TPSA) is 113 Å². The number of thiophene rings is 1. The molecule has 0 saturated carbocycles. The Balaban J connectivity index is 1.50. The van der Waals surface area contributed by atoms with Crippen molar-refractivity contribution in [2.24, 2.45) is 0 Å². The fourth-order valence-electron chi connectivity index (χ4n) is 3.62. The van der Waals surface area contributed by atoms with E-state index >= 15 is 0 Å². The highest BCUT2D eigenvalue weighted by Crippen LogP contribution is 2.28. The van der Waals surface area contributed by atoms with Crippen LogP contribution in [0.4, 0.5) is 4.79 Å². The van der Waals surface area contributed by atoms with E-state index in [-0.39, 0.29) is 17.9 Å². The smallest absolute Gasteiger partial charge is 0.318 e. The minimum absolute atomic E-state index is 0.153. The van der Waals surface area contributed by atoms with Gasteiger partial charge in [0, 0.05) is 11.4 Å². The van der Waals surface area contributed by atoms with Crippen molar-refractivity contribution < 1.29 is 14.4 Å². The number of aromatic nitrogens is 2. The van der Waals surface area contributed by atoms with Crippen LogP contribution in [0.25, 0.3) is 10.2 Å². The van der Waals surface area contributed by atoms with Crippen molar-refractivity contribution in [2.75, 3.05) is 5.75 Å². The van der Waals surface area contributed by atoms with Crippen molar-refractivity contribution in [3.8, 4) is 0 Å². The summed E-state index contributed by atoms with van der Waals surface area (Å²) in [5, 5.41) is 4.23. The number of amides is 4. The molecule has 1 unspecified atom stereocenters. The monoisotopic (exact) mass is 497 g/mol. The first-order chi connectivity index (χ1) is 16.3. The van der Waals surface area contributed by atoms with Gasteiger partial charge in [0.1, 0.15) is 10.4 Å². The summed E-state index contributed by atoms with van der Waals surface area (Å²) in [5.41, 5.74) is 1.49. The van der Waals surface area contributed by atoms with Gasteiger partial charge < -0.3 is 5.32 Å². The Labute approximate surface area is 203 Å². The lowest BCUT2D eigenvalue weighted by molar-refractivity contribution is -0.138. The summed E-state index contributed by atoms with van der Waals surface area (Å²) in [6.45, 7) is 7.53. The van der Waals surface area contributed by atoms with Gasteiger partial charge in [-0.15, -0.1) is 17.9 Å². The van der Waals surface area contributed by atoms with Gasteiger partial charge in [0.15, 0.2) is 5.16 Å². The number of carbonyl (C=O) groups is 3. The summed E-state index contributed by atoms with van der Waals surface area (Å²) in [6.07, 6.45) is 2.38. The Bertz CT molecular complexity index is 1350. The maximum absolute atomic E-state index is 13.0. The van der Waals surface area contributed by atoms with E-state index in [1.54, 1.807) is 43.3 Å². The van der Waals surface area contributed by atoms with E-state index in [4.69, 9.17) is 0 Å². The molecule has 1 fully saturated rings. The van der Waals surface area contributed by atoms with Crippen molar-refractivity contribution in [2.45, 2.75) is 37.5 Å². The zero-order chi connectivity index (χ0) is 24.5. The molecule has 3 aromatic rings. The summed E-state index contributed by atoms with van der Waals surface area (Å²) in [5.74, 6) is -1.32. The maximum Gasteiger partial charge on any atom is 0.344 e. The van der Waals surface area contributed by atoms with Crippen LogP contribution in [0.2, 0.25) is 0 Å². The molecule has 4 amide bonds. The average Bonchev–Trinajstić information content (AvgIpc) is 3.35. The fourth-order valence-corrected chi connectivity index (χ4v) is 5.43. The molecule has 176 valence electrons. The van der Waals surface area contributed by atoms with E-state index in [2.05, 4.69) is 22.3 Å². The molecule has 0 spiro atoms. The summed E-state index contributed by atoms with van der Waals surface area (Å²) >= 11 is 2.49. The first-order valence-corrected chi connectivity index (χ1v) is 12.4. The van der Waals surface area contributed by atoms with Gasteiger partial charge in [0.25, 0.3) is 11.5 Å². The van der Waals surface area contributed by atoms with Crippen LogP contribution in [0, 0.1) is 0 Å². The lowest BCUT2D eigenvalue weighted by atomic mass is 9.92. The second-order valence-electron chi connectivity index (χ2n) is 7.77. The summed E-state index contributed by atoms with van der Waals surface area (Å²) in [7, 11) is 0. The number of hydrogen-bond donors (Lipinski definition) is 2. The lowest BCUT2D eigenvalue weighted by Gasteiger charge is -2.22. The number of aryl methyl sites for hydroxylation is 1. The number of nitrogens with zero attached hydrogens (tertiary/aromatic N) is 3. The van der Waals surface area contributed by atoms with E-state index < -0.39 is 23.4 Å². The van der Waals surface area contributed by atoms with Crippen LogP contribution in [0.1, 0.15) is 24.3 Å². The van der Waals surface area contributed by atoms with Gasteiger partial charge in [0.05, 0.1) is 11.1 Å². The normalized spacial score (nSPS) is 17.8. The maximum atomic E-state index is 13.0. The molecule has 0 aliphatic carbocycles. The van der Waals surface area contributed by atoms with Crippen molar-refractivity contribution in [1.29, 1.82) is 0 Å². The Morgan fingerprint density at radius 1 is 1.29 bits per heavy atom. The number of nitrogens with one attached hydrogen (secondary N) is 2. The van der Waals surface area contributed by atoms with E-state index in [0.29, 0.717) is 25.9 Å². The van der Waals surface area contributed by atoms with Gasteiger partial charge in [-0.1, -0.05) is 55.1 Å². The first-order valence-electron chi connectivity index (χ1n) is 10.6. The predicted molar refractivity (Wildman–Crippen MR) is 131 cm³/mol. The van der Waals surface area contributed by atoms with Gasteiger partial charge in [-0.25, -0.2) is 9.78 Å². The number of allylic oxidation sites excluding steroid dienone is 1. The number of urea groups is 1. The van der Waals surface area contributed by atoms with Gasteiger partial charge >= 0.3 is 6.03 Å². The van der Waals surface area contributed by atoms with E-state index in [1.807, 2.05) is 13.0 Å². The number of carbonyl (C=O) groups excluding carboxylic acids is 3. The highest BCUT2D eigenvalue weighted by Gasteiger charge is 2.49. The molecule has 1 atom stereocenters. The molecule has 0 radical (unpaired) electrons. The Hall–Kier alpha value is -3.44. The first kappa shape index (κ1) is 23.7. The molecule has 0 bridgehead atoms. The Kier molecular flexibility index (Phi) is 6.58. The number of hydrogen-bond acceptors (Lipinski definition) is 7. The quantitative estimate of drug-likeness (QED) is 0.214. The standard InChI is InChI=1S/C23H23N5O4S2/c1-4-11-27-19(30)16-12-15(5-2)34-18(16)24-22(27)33-13-17(29)26-28-20(31)23(3,25-21(28)32)14-9-7-6-8-10-14/h4,6-10,12H,1,5,11,13H2,2-3H3,(H,25,32)(H,26,29). The summed E-state index contributed by atoms with van der Waals surface area (Å²) < 4.78 is 1.46. The molecule has 2 aromatic heterocycles. The fraction of sp³-hybridized carbons (Fsp3) is 0.261. The van der Waals surface area contributed by atoms with Crippen molar-refractivity contribution in [3.05, 3.63) is 69.8 Å². The number of imide groups is 1. The minimum Gasteiger partial charge on any atom is -0.318 e.